The van der Waals surface area contributed by atoms with E-state index < -0.39 is 0 Å². The molecule has 0 saturated carbocycles. The lowest BCUT2D eigenvalue weighted by molar-refractivity contribution is 0.198. The van der Waals surface area contributed by atoms with Crippen LogP contribution in [-0.4, -0.2) is 31.1 Å². The highest BCUT2D eigenvalue weighted by Crippen LogP contribution is 2.33. The Morgan fingerprint density at radius 1 is 1.00 bits per heavy atom. The lowest BCUT2D eigenvalue weighted by atomic mass is 9.96. The van der Waals surface area contributed by atoms with Gasteiger partial charge in [0, 0.05) is 35.7 Å². The Kier molecular flexibility index (Phi) is 4.96. The third kappa shape index (κ3) is 3.49. The van der Waals surface area contributed by atoms with Crippen LogP contribution in [0.15, 0.2) is 53.0 Å². The number of hydrogen-bond acceptors (Lipinski definition) is 2. The van der Waals surface area contributed by atoms with Crippen LogP contribution in [0.2, 0.25) is 5.02 Å². The minimum absolute atomic E-state index is 0.217. The van der Waals surface area contributed by atoms with Gasteiger partial charge in [-0.05, 0) is 29.3 Å². The van der Waals surface area contributed by atoms with E-state index in [-0.39, 0.29) is 6.04 Å². The number of piperazine rings is 1. The molecule has 0 aromatic heterocycles. The number of hydrogen-bond donors (Lipinski definition) is 1. The molecule has 1 aliphatic rings. The van der Waals surface area contributed by atoms with Gasteiger partial charge in [-0.2, -0.15) is 0 Å². The van der Waals surface area contributed by atoms with Crippen molar-refractivity contribution in [2.45, 2.75) is 6.04 Å². The van der Waals surface area contributed by atoms with Crippen molar-refractivity contribution in [1.29, 1.82) is 0 Å². The molecule has 0 spiro atoms. The molecule has 2 nitrogen and oxygen atoms in total. The van der Waals surface area contributed by atoms with Crippen molar-refractivity contribution in [3.8, 4) is 0 Å². The van der Waals surface area contributed by atoms with Crippen molar-refractivity contribution >= 4 is 27.5 Å². The fourth-order valence-corrected chi connectivity index (χ4v) is 3.37. The molecule has 1 saturated heterocycles. The second-order valence-corrected chi connectivity index (χ2v) is 6.58. The monoisotopic (exact) mass is 364 g/mol. The second kappa shape index (κ2) is 6.93. The van der Waals surface area contributed by atoms with Crippen LogP contribution in [0.4, 0.5) is 0 Å². The molecule has 0 aliphatic carbocycles. The summed E-state index contributed by atoms with van der Waals surface area (Å²) in [5, 5.41) is 4.25. The number of benzene rings is 2. The summed E-state index contributed by atoms with van der Waals surface area (Å²) in [6, 6.07) is 16.9. The molecule has 4 heteroatoms. The van der Waals surface area contributed by atoms with Gasteiger partial charge in [-0.25, -0.2) is 0 Å². The highest BCUT2D eigenvalue weighted by molar-refractivity contribution is 9.10. The molecule has 0 bridgehead atoms. The molecule has 1 atom stereocenters. The van der Waals surface area contributed by atoms with Crippen LogP contribution in [-0.2, 0) is 0 Å². The van der Waals surface area contributed by atoms with Gasteiger partial charge in [-0.15, -0.1) is 0 Å². The molecule has 1 heterocycles. The van der Waals surface area contributed by atoms with E-state index in [0.717, 1.165) is 35.7 Å². The highest BCUT2D eigenvalue weighted by atomic mass is 79.9. The molecule has 2 aromatic carbocycles. The first-order valence-electron chi connectivity index (χ1n) is 7.20. The second-order valence-electron chi connectivity index (χ2n) is 5.26. The molecule has 0 amide bonds. The number of nitrogens with zero attached hydrogens (tertiary/aromatic N) is 1. The van der Waals surface area contributed by atoms with E-state index in [1.165, 1.54) is 11.1 Å². The zero-order valence-corrected chi connectivity index (χ0v) is 14.1. The van der Waals surface area contributed by atoms with Crippen LogP contribution >= 0.6 is 27.5 Å². The van der Waals surface area contributed by atoms with Gasteiger partial charge in [0.05, 0.1) is 6.04 Å². The SMILES string of the molecule is Clc1ccccc1C(c1ccc(Br)cc1)N1CCNCC1. The first-order valence-corrected chi connectivity index (χ1v) is 8.37. The smallest absolute Gasteiger partial charge is 0.0617 e. The molecule has 1 fully saturated rings. The van der Waals surface area contributed by atoms with E-state index in [9.17, 15) is 0 Å². The lowest BCUT2D eigenvalue weighted by Gasteiger charge is -2.36. The van der Waals surface area contributed by atoms with Crippen LogP contribution in [0.25, 0.3) is 0 Å². The van der Waals surface area contributed by atoms with Crippen molar-refractivity contribution in [3.05, 3.63) is 69.2 Å². The van der Waals surface area contributed by atoms with E-state index in [2.05, 4.69) is 62.5 Å². The van der Waals surface area contributed by atoms with Gasteiger partial charge in [0.15, 0.2) is 0 Å². The number of halogens is 2. The van der Waals surface area contributed by atoms with Gasteiger partial charge in [-0.3, -0.25) is 4.90 Å². The van der Waals surface area contributed by atoms with E-state index >= 15 is 0 Å². The maximum atomic E-state index is 6.47. The molecule has 1 N–H and O–H groups in total. The molecule has 2 aromatic rings. The third-order valence-corrected chi connectivity index (χ3v) is 4.78. The quantitative estimate of drug-likeness (QED) is 0.881. The van der Waals surface area contributed by atoms with Crippen LogP contribution < -0.4 is 5.32 Å². The fraction of sp³-hybridized carbons (Fsp3) is 0.294. The van der Waals surface area contributed by atoms with Crippen molar-refractivity contribution in [1.82, 2.24) is 10.2 Å². The average molecular weight is 366 g/mol. The predicted octanol–water partition coefficient (Wildman–Crippen LogP) is 4.10. The molecule has 1 unspecified atom stereocenters. The van der Waals surface area contributed by atoms with Crippen molar-refractivity contribution in [2.75, 3.05) is 26.2 Å². The van der Waals surface area contributed by atoms with Crippen LogP contribution in [0, 0.1) is 0 Å². The Labute approximate surface area is 139 Å². The van der Waals surface area contributed by atoms with Gasteiger partial charge in [0.1, 0.15) is 0 Å². The zero-order valence-electron chi connectivity index (χ0n) is 11.7. The average Bonchev–Trinajstić information content (AvgIpc) is 2.52. The van der Waals surface area contributed by atoms with Crippen molar-refractivity contribution in [3.63, 3.8) is 0 Å². The van der Waals surface area contributed by atoms with E-state index in [4.69, 9.17) is 11.6 Å². The van der Waals surface area contributed by atoms with E-state index in [0.29, 0.717) is 0 Å². The summed E-state index contributed by atoms with van der Waals surface area (Å²) in [5.41, 5.74) is 2.47. The van der Waals surface area contributed by atoms with Gasteiger partial charge in [0.2, 0.25) is 0 Å². The molecule has 3 rings (SSSR count). The summed E-state index contributed by atoms with van der Waals surface area (Å²) in [6.45, 7) is 4.12. The Hall–Kier alpha value is -0.870. The topological polar surface area (TPSA) is 15.3 Å². The van der Waals surface area contributed by atoms with Gasteiger partial charge < -0.3 is 5.32 Å². The molecular formula is C17H18BrClN2. The summed E-state index contributed by atoms with van der Waals surface area (Å²) in [5.74, 6) is 0. The van der Waals surface area contributed by atoms with Crippen molar-refractivity contribution in [2.24, 2.45) is 0 Å². The summed E-state index contributed by atoms with van der Waals surface area (Å²) < 4.78 is 1.10. The maximum Gasteiger partial charge on any atom is 0.0617 e. The maximum absolute atomic E-state index is 6.47. The molecule has 1 aliphatic heterocycles. The molecule has 0 radical (unpaired) electrons. The third-order valence-electron chi connectivity index (χ3n) is 3.90. The fourth-order valence-electron chi connectivity index (χ4n) is 2.87. The standard InChI is InChI=1S/C17H18BrClN2/c18-14-7-5-13(6-8-14)17(21-11-9-20-10-12-21)15-3-1-2-4-16(15)19/h1-8,17,20H,9-12H2. The Morgan fingerprint density at radius 2 is 1.67 bits per heavy atom. The minimum Gasteiger partial charge on any atom is -0.314 e. The first-order chi connectivity index (χ1) is 10.3. The van der Waals surface area contributed by atoms with Crippen LogP contribution in [0.3, 0.4) is 0 Å². The van der Waals surface area contributed by atoms with E-state index in [1.807, 2.05) is 12.1 Å². The lowest BCUT2D eigenvalue weighted by Crippen LogP contribution is -2.45. The van der Waals surface area contributed by atoms with Gasteiger partial charge >= 0.3 is 0 Å². The molecule has 110 valence electrons. The number of rotatable bonds is 3. The Morgan fingerprint density at radius 3 is 2.33 bits per heavy atom. The van der Waals surface area contributed by atoms with Crippen LogP contribution in [0.1, 0.15) is 17.2 Å². The first kappa shape index (κ1) is 15.0. The Bertz CT molecular complexity index is 594. The highest BCUT2D eigenvalue weighted by Gasteiger charge is 2.25. The Balaban J connectivity index is 2.01. The molecule has 21 heavy (non-hydrogen) atoms. The minimum atomic E-state index is 0.217. The predicted molar refractivity (Wildman–Crippen MR) is 91.9 cm³/mol. The summed E-state index contributed by atoms with van der Waals surface area (Å²) >= 11 is 9.98. The summed E-state index contributed by atoms with van der Waals surface area (Å²) in [4.78, 5) is 2.50. The normalized spacial score (nSPS) is 17.6. The van der Waals surface area contributed by atoms with Crippen LogP contribution in [0.5, 0.6) is 0 Å². The zero-order chi connectivity index (χ0) is 14.7. The van der Waals surface area contributed by atoms with Gasteiger partial charge in [-0.1, -0.05) is 57.9 Å². The van der Waals surface area contributed by atoms with E-state index in [1.54, 1.807) is 0 Å². The van der Waals surface area contributed by atoms with Gasteiger partial charge in [0.25, 0.3) is 0 Å². The summed E-state index contributed by atoms with van der Waals surface area (Å²) in [7, 11) is 0. The molecular weight excluding hydrogens is 348 g/mol. The van der Waals surface area contributed by atoms with Crippen molar-refractivity contribution < 1.29 is 0 Å². The summed E-state index contributed by atoms with van der Waals surface area (Å²) in [6.07, 6.45) is 0. The number of nitrogens with one attached hydrogen (secondary N) is 1. The largest absolute Gasteiger partial charge is 0.314 e.